The van der Waals surface area contributed by atoms with Crippen molar-refractivity contribution in [3.8, 4) is 0 Å². The van der Waals surface area contributed by atoms with Crippen LogP contribution in [-0.4, -0.2) is 43.2 Å². The third kappa shape index (κ3) is 13.3. The first kappa shape index (κ1) is 18.9. The maximum Gasteiger partial charge on any atom is 0.308 e. The fourth-order valence-electron chi connectivity index (χ4n) is 1.45. The highest BCUT2D eigenvalue weighted by Gasteiger charge is 2.09. The maximum atomic E-state index is 11.4. The van der Waals surface area contributed by atoms with Crippen molar-refractivity contribution in [3.05, 3.63) is 0 Å². The van der Waals surface area contributed by atoms with Gasteiger partial charge in [0.2, 0.25) is 0 Å². The number of carbonyl (C=O) groups is 2. The minimum atomic E-state index is -0.849. The van der Waals surface area contributed by atoms with E-state index in [-0.39, 0.29) is 18.8 Å². The normalized spacial score (nSPS) is 12.1. The number of unbranched alkanes of at least 4 members (excludes halogenated alkanes) is 2. The van der Waals surface area contributed by atoms with Crippen LogP contribution in [0.2, 0.25) is 0 Å². The molecule has 0 aliphatic heterocycles. The highest BCUT2D eigenvalue weighted by Crippen LogP contribution is 2.04. The SMILES string of the molecule is CCCCOCCOC(C)OC(=O)CCCCC(=O)O. The summed E-state index contributed by atoms with van der Waals surface area (Å²) in [5, 5.41) is 8.45. The maximum absolute atomic E-state index is 11.4. The van der Waals surface area contributed by atoms with E-state index in [2.05, 4.69) is 6.92 Å². The van der Waals surface area contributed by atoms with Gasteiger partial charge < -0.3 is 19.3 Å². The third-order valence-electron chi connectivity index (χ3n) is 2.54. The number of esters is 1. The summed E-state index contributed by atoms with van der Waals surface area (Å²) in [6, 6.07) is 0. The first-order chi connectivity index (χ1) is 9.56. The molecule has 0 amide bonds. The summed E-state index contributed by atoms with van der Waals surface area (Å²) in [6.45, 7) is 5.34. The van der Waals surface area contributed by atoms with Crippen molar-refractivity contribution in [1.82, 2.24) is 0 Å². The molecule has 1 unspecified atom stereocenters. The van der Waals surface area contributed by atoms with Crippen LogP contribution in [0.25, 0.3) is 0 Å². The standard InChI is InChI=1S/C14H26O6/c1-3-4-9-18-10-11-19-12(2)20-14(17)8-6-5-7-13(15)16/h12H,3-11H2,1-2H3,(H,15,16). The van der Waals surface area contributed by atoms with Gasteiger partial charge in [-0.1, -0.05) is 13.3 Å². The topological polar surface area (TPSA) is 82.1 Å². The van der Waals surface area contributed by atoms with Gasteiger partial charge in [-0.15, -0.1) is 0 Å². The number of ether oxygens (including phenoxy) is 3. The molecule has 6 nitrogen and oxygen atoms in total. The molecule has 0 heterocycles. The molecule has 1 N–H and O–H groups in total. The second-order valence-electron chi connectivity index (χ2n) is 4.50. The van der Waals surface area contributed by atoms with E-state index in [1.54, 1.807) is 6.92 Å². The summed E-state index contributed by atoms with van der Waals surface area (Å²) < 4.78 is 15.6. The Morgan fingerprint density at radius 2 is 1.75 bits per heavy atom. The molecular weight excluding hydrogens is 264 g/mol. The van der Waals surface area contributed by atoms with E-state index >= 15 is 0 Å². The van der Waals surface area contributed by atoms with E-state index in [0.717, 1.165) is 19.4 Å². The summed E-state index contributed by atoms with van der Waals surface area (Å²) in [5.74, 6) is -1.21. The second kappa shape index (κ2) is 12.9. The van der Waals surface area contributed by atoms with Crippen molar-refractivity contribution < 1.29 is 28.9 Å². The Kier molecular flexibility index (Phi) is 12.1. The molecule has 118 valence electrons. The van der Waals surface area contributed by atoms with Gasteiger partial charge in [-0.25, -0.2) is 0 Å². The zero-order valence-electron chi connectivity index (χ0n) is 12.4. The molecule has 0 bridgehead atoms. The molecule has 0 aromatic heterocycles. The van der Waals surface area contributed by atoms with E-state index in [1.807, 2.05) is 0 Å². The Balaban J connectivity index is 3.42. The third-order valence-corrected chi connectivity index (χ3v) is 2.54. The van der Waals surface area contributed by atoms with Crippen LogP contribution >= 0.6 is 0 Å². The molecule has 0 saturated carbocycles. The summed E-state index contributed by atoms with van der Waals surface area (Å²) in [5.41, 5.74) is 0. The Labute approximate surface area is 120 Å². The van der Waals surface area contributed by atoms with Gasteiger partial charge in [0, 0.05) is 19.4 Å². The molecule has 0 saturated heterocycles. The fraction of sp³-hybridized carbons (Fsp3) is 0.857. The number of aliphatic carboxylic acids is 1. The van der Waals surface area contributed by atoms with Gasteiger partial charge in [0.25, 0.3) is 0 Å². The Morgan fingerprint density at radius 1 is 1.05 bits per heavy atom. The van der Waals surface area contributed by atoms with Gasteiger partial charge in [0.15, 0.2) is 6.29 Å². The van der Waals surface area contributed by atoms with Crippen molar-refractivity contribution in [3.63, 3.8) is 0 Å². The lowest BCUT2D eigenvalue weighted by Gasteiger charge is -2.14. The van der Waals surface area contributed by atoms with E-state index in [4.69, 9.17) is 19.3 Å². The lowest BCUT2D eigenvalue weighted by atomic mass is 10.2. The van der Waals surface area contributed by atoms with Crippen molar-refractivity contribution in [2.45, 2.75) is 58.7 Å². The van der Waals surface area contributed by atoms with Crippen molar-refractivity contribution in [1.29, 1.82) is 0 Å². The molecule has 0 aliphatic rings. The predicted molar refractivity (Wildman–Crippen MR) is 73.3 cm³/mol. The largest absolute Gasteiger partial charge is 0.481 e. The summed E-state index contributed by atoms with van der Waals surface area (Å²) in [6.07, 6.45) is 2.81. The molecule has 1 atom stereocenters. The zero-order chi connectivity index (χ0) is 15.2. The van der Waals surface area contributed by atoms with Gasteiger partial charge in [-0.05, 0) is 26.2 Å². The van der Waals surface area contributed by atoms with E-state index in [9.17, 15) is 9.59 Å². The number of hydrogen-bond acceptors (Lipinski definition) is 5. The van der Waals surface area contributed by atoms with Crippen molar-refractivity contribution in [2.75, 3.05) is 19.8 Å². The minimum absolute atomic E-state index is 0.0778. The van der Waals surface area contributed by atoms with Crippen LogP contribution in [0.3, 0.4) is 0 Å². The van der Waals surface area contributed by atoms with Gasteiger partial charge >= 0.3 is 11.9 Å². The second-order valence-corrected chi connectivity index (χ2v) is 4.50. The van der Waals surface area contributed by atoms with Crippen LogP contribution in [-0.2, 0) is 23.8 Å². The van der Waals surface area contributed by atoms with Crippen LogP contribution in [0.1, 0.15) is 52.4 Å². The van der Waals surface area contributed by atoms with E-state index in [0.29, 0.717) is 26.1 Å². The molecule has 6 heteroatoms. The molecule has 0 rings (SSSR count). The van der Waals surface area contributed by atoms with Crippen LogP contribution < -0.4 is 0 Å². The molecule has 0 aliphatic carbocycles. The number of carboxylic acids is 1. The monoisotopic (exact) mass is 290 g/mol. The van der Waals surface area contributed by atoms with Crippen LogP contribution in [0.4, 0.5) is 0 Å². The Morgan fingerprint density at radius 3 is 2.40 bits per heavy atom. The van der Waals surface area contributed by atoms with Gasteiger partial charge in [0.05, 0.1) is 13.2 Å². The number of carboxylic acid groups (broad SMARTS) is 1. The quantitative estimate of drug-likeness (QED) is 0.318. The number of hydrogen-bond donors (Lipinski definition) is 1. The summed E-state index contributed by atoms with van der Waals surface area (Å²) >= 11 is 0. The summed E-state index contributed by atoms with van der Waals surface area (Å²) in [7, 11) is 0. The Bertz CT molecular complexity index is 266. The predicted octanol–water partition coefficient (Wildman–Crippen LogP) is 2.35. The molecule has 20 heavy (non-hydrogen) atoms. The number of carbonyl (C=O) groups excluding carboxylic acids is 1. The van der Waals surface area contributed by atoms with Gasteiger partial charge in [-0.3, -0.25) is 9.59 Å². The highest BCUT2D eigenvalue weighted by atomic mass is 16.7. The molecule has 0 radical (unpaired) electrons. The van der Waals surface area contributed by atoms with Crippen molar-refractivity contribution in [2.24, 2.45) is 0 Å². The summed E-state index contributed by atoms with van der Waals surface area (Å²) in [4.78, 5) is 21.7. The van der Waals surface area contributed by atoms with Crippen LogP contribution in [0.15, 0.2) is 0 Å². The van der Waals surface area contributed by atoms with Crippen LogP contribution in [0, 0.1) is 0 Å². The fourth-order valence-corrected chi connectivity index (χ4v) is 1.45. The molecule has 0 spiro atoms. The van der Waals surface area contributed by atoms with Gasteiger partial charge in [-0.2, -0.15) is 0 Å². The van der Waals surface area contributed by atoms with E-state index < -0.39 is 12.3 Å². The van der Waals surface area contributed by atoms with Crippen LogP contribution in [0.5, 0.6) is 0 Å². The smallest absolute Gasteiger partial charge is 0.308 e. The molecular formula is C14H26O6. The lowest BCUT2D eigenvalue weighted by Crippen LogP contribution is -2.20. The molecule has 0 aromatic carbocycles. The lowest BCUT2D eigenvalue weighted by molar-refractivity contribution is -0.177. The van der Waals surface area contributed by atoms with E-state index in [1.165, 1.54) is 0 Å². The van der Waals surface area contributed by atoms with Crippen molar-refractivity contribution >= 4 is 11.9 Å². The molecule has 0 fully saturated rings. The average molecular weight is 290 g/mol. The number of rotatable bonds is 13. The zero-order valence-corrected chi connectivity index (χ0v) is 12.4. The molecule has 0 aromatic rings. The first-order valence-electron chi connectivity index (χ1n) is 7.16. The minimum Gasteiger partial charge on any atom is -0.481 e. The van der Waals surface area contributed by atoms with Gasteiger partial charge in [0.1, 0.15) is 0 Å². The first-order valence-corrected chi connectivity index (χ1v) is 7.16. The average Bonchev–Trinajstić information content (AvgIpc) is 2.38. The Hall–Kier alpha value is -1.14. The highest BCUT2D eigenvalue weighted by molar-refractivity contribution is 5.69.